The highest BCUT2D eigenvalue weighted by Crippen LogP contribution is 2.05. The second-order valence-corrected chi connectivity index (χ2v) is 5.46. The van der Waals surface area contributed by atoms with Gasteiger partial charge in [-0.25, -0.2) is 0 Å². The summed E-state index contributed by atoms with van der Waals surface area (Å²) in [5, 5.41) is 3.48. The number of anilines is 1. The van der Waals surface area contributed by atoms with E-state index in [2.05, 4.69) is 66.2 Å². The molecule has 0 heterocycles. The minimum Gasteiger partial charge on any atom is -0.385 e. The van der Waals surface area contributed by atoms with Crippen molar-refractivity contribution >= 4 is 5.69 Å². The van der Waals surface area contributed by atoms with Crippen molar-refractivity contribution in [3.05, 3.63) is 30.3 Å². The SMILES string of the molecule is CCN(CC)CCCN(CC)CCCNc1ccccc1. The number of nitrogens with zero attached hydrogens (tertiary/aromatic N) is 2. The lowest BCUT2D eigenvalue weighted by atomic mass is 10.3. The third-order valence-electron chi connectivity index (χ3n) is 4.04. The molecular weight excluding hydrogens is 258 g/mol. The molecule has 0 aliphatic rings. The van der Waals surface area contributed by atoms with Crippen LogP contribution < -0.4 is 5.32 Å². The number of hydrogen-bond acceptors (Lipinski definition) is 3. The van der Waals surface area contributed by atoms with Gasteiger partial charge in [-0.1, -0.05) is 39.0 Å². The summed E-state index contributed by atoms with van der Waals surface area (Å²) >= 11 is 0. The fourth-order valence-electron chi connectivity index (χ4n) is 2.58. The lowest BCUT2D eigenvalue weighted by Crippen LogP contribution is -2.31. The van der Waals surface area contributed by atoms with E-state index in [0.717, 1.165) is 13.1 Å². The predicted octanol–water partition coefficient (Wildman–Crippen LogP) is 3.54. The number of nitrogens with one attached hydrogen (secondary N) is 1. The Morgan fingerprint density at radius 1 is 0.762 bits per heavy atom. The Labute approximate surface area is 131 Å². The van der Waals surface area contributed by atoms with Crippen molar-refractivity contribution in [2.24, 2.45) is 0 Å². The Morgan fingerprint density at radius 2 is 1.33 bits per heavy atom. The molecule has 3 nitrogen and oxygen atoms in total. The summed E-state index contributed by atoms with van der Waals surface area (Å²) in [5.74, 6) is 0. The number of rotatable bonds is 12. The first kappa shape index (κ1) is 18.0. The van der Waals surface area contributed by atoms with Crippen molar-refractivity contribution in [1.29, 1.82) is 0 Å². The zero-order valence-corrected chi connectivity index (χ0v) is 14.1. The van der Waals surface area contributed by atoms with E-state index in [1.165, 1.54) is 51.3 Å². The fourth-order valence-corrected chi connectivity index (χ4v) is 2.58. The van der Waals surface area contributed by atoms with Crippen molar-refractivity contribution in [2.45, 2.75) is 33.6 Å². The summed E-state index contributed by atoms with van der Waals surface area (Å²) in [6.45, 7) is 14.9. The Bertz CT molecular complexity index is 336. The van der Waals surface area contributed by atoms with E-state index in [1.807, 2.05) is 0 Å². The first-order valence-corrected chi connectivity index (χ1v) is 8.53. The summed E-state index contributed by atoms with van der Waals surface area (Å²) in [6.07, 6.45) is 2.48. The molecule has 0 unspecified atom stereocenters. The number of benzene rings is 1. The maximum Gasteiger partial charge on any atom is 0.0340 e. The smallest absolute Gasteiger partial charge is 0.0340 e. The molecule has 0 bridgehead atoms. The van der Waals surface area contributed by atoms with Crippen molar-refractivity contribution in [3.8, 4) is 0 Å². The normalized spacial score (nSPS) is 11.3. The molecule has 0 amide bonds. The quantitative estimate of drug-likeness (QED) is 0.594. The third kappa shape index (κ3) is 8.08. The van der Waals surface area contributed by atoms with Gasteiger partial charge in [0, 0.05) is 12.2 Å². The summed E-state index contributed by atoms with van der Waals surface area (Å²) in [4.78, 5) is 5.07. The lowest BCUT2D eigenvalue weighted by Gasteiger charge is -2.23. The van der Waals surface area contributed by atoms with Gasteiger partial charge in [0.05, 0.1) is 0 Å². The molecular formula is C18H33N3. The van der Waals surface area contributed by atoms with Crippen molar-refractivity contribution in [1.82, 2.24) is 9.80 Å². The average Bonchev–Trinajstić information content (AvgIpc) is 2.54. The maximum atomic E-state index is 3.48. The van der Waals surface area contributed by atoms with E-state index in [1.54, 1.807) is 0 Å². The summed E-state index contributed by atoms with van der Waals surface area (Å²) in [6, 6.07) is 10.5. The van der Waals surface area contributed by atoms with Crippen LogP contribution in [0.4, 0.5) is 5.69 Å². The number of para-hydroxylation sites is 1. The Hall–Kier alpha value is -1.06. The first-order valence-electron chi connectivity index (χ1n) is 8.53. The van der Waals surface area contributed by atoms with Crippen molar-refractivity contribution < 1.29 is 0 Å². The first-order chi connectivity index (χ1) is 10.3. The second kappa shape index (κ2) is 11.6. The molecule has 3 heteroatoms. The highest BCUT2D eigenvalue weighted by Gasteiger charge is 2.04. The Kier molecular flexibility index (Phi) is 9.92. The summed E-state index contributed by atoms with van der Waals surface area (Å²) in [5.41, 5.74) is 1.22. The Balaban J connectivity index is 2.10. The van der Waals surface area contributed by atoms with Gasteiger partial charge in [0.25, 0.3) is 0 Å². The van der Waals surface area contributed by atoms with Gasteiger partial charge >= 0.3 is 0 Å². The molecule has 1 aromatic carbocycles. The zero-order valence-electron chi connectivity index (χ0n) is 14.1. The van der Waals surface area contributed by atoms with Gasteiger partial charge in [-0.2, -0.15) is 0 Å². The van der Waals surface area contributed by atoms with Gasteiger partial charge in [-0.05, 0) is 64.2 Å². The molecule has 21 heavy (non-hydrogen) atoms. The van der Waals surface area contributed by atoms with Gasteiger partial charge in [0.2, 0.25) is 0 Å². The van der Waals surface area contributed by atoms with Gasteiger partial charge in [0.15, 0.2) is 0 Å². The Morgan fingerprint density at radius 3 is 1.95 bits per heavy atom. The van der Waals surface area contributed by atoms with Crippen LogP contribution >= 0.6 is 0 Å². The third-order valence-corrected chi connectivity index (χ3v) is 4.04. The van der Waals surface area contributed by atoms with Crippen LogP contribution in [-0.4, -0.2) is 55.6 Å². The van der Waals surface area contributed by atoms with E-state index in [4.69, 9.17) is 0 Å². The topological polar surface area (TPSA) is 18.5 Å². The van der Waals surface area contributed by atoms with Crippen LogP contribution in [0, 0.1) is 0 Å². The molecule has 120 valence electrons. The van der Waals surface area contributed by atoms with Crippen molar-refractivity contribution in [2.75, 3.05) is 51.1 Å². The second-order valence-electron chi connectivity index (χ2n) is 5.46. The van der Waals surface area contributed by atoms with Crippen LogP contribution in [0.3, 0.4) is 0 Å². The molecule has 0 atom stereocenters. The molecule has 0 aliphatic carbocycles. The molecule has 1 rings (SSSR count). The molecule has 0 aliphatic heterocycles. The predicted molar refractivity (Wildman–Crippen MR) is 94.1 cm³/mol. The minimum absolute atomic E-state index is 1.05. The van der Waals surface area contributed by atoms with Gasteiger partial charge in [-0.15, -0.1) is 0 Å². The van der Waals surface area contributed by atoms with Crippen molar-refractivity contribution in [3.63, 3.8) is 0 Å². The standard InChI is InChI=1S/C18H33N3/c1-4-20(5-2)16-11-17-21(6-3)15-10-14-19-18-12-8-7-9-13-18/h7-9,12-13,19H,4-6,10-11,14-17H2,1-3H3. The maximum absolute atomic E-state index is 3.48. The van der Waals surface area contributed by atoms with E-state index < -0.39 is 0 Å². The average molecular weight is 291 g/mol. The molecule has 0 aromatic heterocycles. The van der Waals surface area contributed by atoms with Crippen LogP contribution in [0.25, 0.3) is 0 Å². The van der Waals surface area contributed by atoms with Gasteiger partial charge in [-0.3, -0.25) is 0 Å². The van der Waals surface area contributed by atoms with Crippen LogP contribution in [-0.2, 0) is 0 Å². The molecule has 0 fully saturated rings. The molecule has 1 aromatic rings. The highest BCUT2D eigenvalue weighted by molar-refractivity contribution is 5.42. The van der Waals surface area contributed by atoms with E-state index >= 15 is 0 Å². The molecule has 0 saturated heterocycles. The fraction of sp³-hybridized carbons (Fsp3) is 0.667. The summed E-state index contributed by atoms with van der Waals surface area (Å²) in [7, 11) is 0. The van der Waals surface area contributed by atoms with Crippen LogP contribution in [0.5, 0.6) is 0 Å². The van der Waals surface area contributed by atoms with Crippen LogP contribution in [0.2, 0.25) is 0 Å². The monoisotopic (exact) mass is 291 g/mol. The van der Waals surface area contributed by atoms with E-state index in [9.17, 15) is 0 Å². The largest absolute Gasteiger partial charge is 0.385 e. The minimum atomic E-state index is 1.05. The van der Waals surface area contributed by atoms with Gasteiger partial charge in [0.1, 0.15) is 0 Å². The number of hydrogen-bond donors (Lipinski definition) is 1. The molecule has 0 spiro atoms. The van der Waals surface area contributed by atoms with E-state index in [0.29, 0.717) is 0 Å². The molecule has 1 N–H and O–H groups in total. The van der Waals surface area contributed by atoms with E-state index in [-0.39, 0.29) is 0 Å². The van der Waals surface area contributed by atoms with Crippen LogP contribution in [0.15, 0.2) is 30.3 Å². The molecule has 0 radical (unpaired) electrons. The van der Waals surface area contributed by atoms with Crippen LogP contribution in [0.1, 0.15) is 33.6 Å². The summed E-state index contributed by atoms with van der Waals surface area (Å²) < 4.78 is 0. The van der Waals surface area contributed by atoms with Gasteiger partial charge < -0.3 is 15.1 Å². The lowest BCUT2D eigenvalue weighted by molar-refractivity contribution is 0.243. The molecule has 0 saturated carbocycles. The zero-order chi connectivity index (χ0) is 15.3. The highest BCUT2D eigenvalue weighted by atomic mass is 15.1.